The van der Waals surface area contributed by atoms with Crippen LogP contribution in [0.4, 0.5) is 0 Å². The Balaban J connectivity index is 1.80. The van der Waals surface area contributed by atoms with Crippen LogP contribution in [0.2, 0.25) is 0 Å². The van der Waals surface area contributed by atoms with Gasteiger partial charge in [0.2, 0.25) is 0 Å². The standard InChI is InChI=1S/C26H23N3O3/c1-29-26(31)23(25(30)27-17-18-13-15-21(32-2)16-14-18)22(19-9-5-3-6-10-19)24(28-29)20-11-7-4-8-12-20/h3-16H,17H2,1-2H3,(H,27,30). The number of ether oxygens (including phenoxy) is 1. The van der Waals surface area contributed by atoms with Crippen molar-refractivity contribution >= 4 is 5.91 Å². The Morgan fingerprint density at radius 1 is 0.906 bits per heavy atom. The summed E-state index contributed by atoms with van der Waals surface area (Å²) in [5, 5.41) is 7.40. The zero-order valence-corrected chi connectivity index (χ0v) is 17.9. The molecule has 160 valence electrons. The summed E-state index contributed by atoms with van der Waals surface area (Å²) in [7, 11) is 3.16. The van der Waals surface area contributed by atoms with Gasteiger partial charge in [0, 0.05) is 24.7 Å². The first-order chi connectivity index (χ1) is 15.6. The second kappa shape index (κ2) is 9.31. The quantitative estimate of drug-likeness (QED) is 0.506. The molecule has 0 aliphatic rings. The molecular formula is C26H23N3O3. The molecular weight excluding hydrogens is 402 g/mol. The second-order valence-electron chi connectivity index (χ2n) is 7.29. The van der Waals surface area contributed by atoms with Crippen molar-refractivity contribution in [3.8, 4) is 28.1 Å². The summed E-state index contributed by atoms with van der Waals surface area (Å²) in [6.07, 6.45) is 0. The van der Waals surface area contributed by atoms with E-state index in [4.69, 9.17) is 4.74 Å². The van der Waals surface area contributed by atoms with E-state index in [-0.39, 0.29) is 12.1 Å². The van der Waals surface area contributed by atoms with E-state index in [0.29, 0.717) is 11.3 Å². The maximum absolute atomic E-state index is 13.3. The van der Waals surface area contributed by atoms with Crippen molar-refractivity contribution in [1.29, 1.82) is 0 Å². The van der Waals surface area contributed by atoms with E-state index in [1.54, 1.807) is 14.2 Å². The number of carbonyl (C=O) groups excluding carboxylic acids is 1. The lowest BCUT2D eigenvalue weighted by Crippen LogP contribution is -2.34. The summed E-state index contributed by atoms with van der Waals surface area (Å²) in [5.41, 5.74) is 3.20. The minimum absolute atomic E-state index is 0.0704. The Hall–Kier alpha value is -4.19. The molecule has 4 aromatic rings. The summed E-state index contributed by atoms with van der Waals surface area (Å²) in [5.74, 6) is 0.293. The van der Waals surface area contributed by atoms with Crippen LogP contribution >= 0.6 is 0 Å². The van der Waals surface area contributed by atoms with Crippen LogP contribution in [-0.4, -0.2) is 22.8 Å². The van der Waals surface area contributed by atoms with Crippen LogP contribution in [0.5, 0.6) is 5.75 Å². The molecule has 6 heteroatoms. The first-order valence-corrected chi connectivity index (χ1v) is 10.2. The van der Waals surface area contributed by atoms with Crippen LogP contribution in [0.3, 0.4) is 0 Å². The van der Waals surface area contributed by atoms with Gasteiger partial charge in [0.25, 0.3) is 11.5 Å². The summed E-state index contributed by atoms with van der Waals surface area (Å²) in [6.45, 7) is 0.281. The highest BCUT2D eigenvalue weighted by Gasteiger charge is 2.24. The molecule has 3 aromatic carbocycles. The molecule has 0 aliphatic carbocycles. The van der Waals surface area contributed by atoms with Gasteiger partial charge in [-0.1, -0.05) is 72.8 Å². The van der Waals surface area contributed by atoms with Crippen LogP contribution < -0.4 is 15.6 Å². The van der Waals surface area contributed by atoms with Crippen LogP contribution in [-0.2, 0) is 13.6 Å². The third-order valence-corrected chi connectivity index (χ3v) is 5.19. The van der Waals surface area contributed by atoms with E-state index in [1.165, 1.54) is 4.68 Å². The summed E-state index contributed by atoms with van der Waals surface area (Å²) >= 11 is 0. The molecule has 1 amide bonds. The molecule has 0 radical (unpaired) electrons. The molecule has 6 nitrogen and oxygen atoms in total. The molecule has 0 saturated heterocycles. The van der Waals surface area contributed by atoms with Gasteiger partial charge < -0.3 is 10.1 Å². The molecule has 0 aliphatic heterocycles. The molecule has 0 saturated carbocycles. The lowest BCUT2D eigenvalue weighted by atomic mass is 9.95. The number of nitrogens with zero attached hydrogens (tertiary/aromatic N) is 2. The number of benzene rings is 3. The minimum Gasteiger partial charge on any atom is -0.497 e. The van der Waals surface area contributed by atoms with Gasteiger partial charge in [-0.15, -0.1) is 0 Å². The number of aromatic nitrogens is 2. The Morgan fingerprint density at radius 3 is 2.09 bits per heavy atom. The van der Waals surface area contributed by atoms with Crippen molar-refractivity contribution in [2.45, 2.75) is 6.54 Å². The number of hydrogen-bond donors (Lipinski definition) is 1. The van der Waals surface area contributed by atoms with Crippen molar-refractivity contribution < 1.29 is 9.53 Å². The van der Waals surface area contributed by atoms with Crippen molar-refractivity contribution in [3.05, 3.63) is 106 Å². The Bertz CT molecular complexity index is 1280. The average Bonchev–Trinajstić information content (AvgIpc) is 2.85. The molecule has 1 N–H and O–H groups in total. The highest BCUT2D eigenvalue weighted by atomic mass is 16.5. The first-order valence-electron chi connectivity index (χ1n) is 10.2. The topological polar surface area (TPSA) is 73.2 Å². The largest absolute Gasteiger partial charge is 0.497 e. The zero-order chi connectivity index (χ0) is 22.5. The molecule has 1 heterocycles. The van der Waals surface area contributed by atoms with Gasteiger partial charge in [-0.2, -0.15) is 5.10 Å². The van der Waals surface area contributed by atoms with Gasteiger partial charge in [-0.05, 0) is 23.3 Å². The number of aryl methyl sites for hydroxylation is 1. The lowest BCUT2D eigenvalue weighted by Gasteiger charge is -2.16. The number of amides is 1. The molecule has 0 unspecified atom stereocenters. The van der Waals surface area contributed by atoms with Crippen molar-refractivity contribution in [3.63, 3.8) is 0 Å². The maximum Gasteiger partial charge on any atom is 0.280 e. The van der Waals surface area contributed by atoms with Gasteiger partial charge in [0.05, 0.1) is 12.8 Å². The summed E-state index contributed by atoms with van der Waals surface area (Å²) in [6, 6.07) is 26.4. The molecule has 0 fully saturated rings. The van der Waals surface area contributed by atoms with E-state index in [1.807, 2.05) is 84.9 Å². The number of methoxy groups -OCH3 is 1. The molecule has 0 atom stereocenters. The summed E-state index contributed by atoms with van der Waals surface area (Å²) in [4.78, 5) is 26.4. The number of hydrogen-bond acceptors (Lipinski definition) is 4. The Morgan fingerprint density at radius 2 is 1.50 bits per heavy atom. The predicted molar refractivity (Wildman–Crippen MR) is 125 cm³/mol. The molecule has 32 heavy (non-hydrogen) atoms. The number of nitrogens with one attached hydrogen (secondary N) is 1. The summed E-state index contributed by atoms with van der Waals surface area (Å²) < 4.78 is 6.39. The highest BCUT2D eigenvalue weighted by molar-refractivity contribution is 6.03. The van der Waals surface area contributed by atoms with E-state index in [0.717, 1.165) is 22.4 Å². The van der Waals surface area contributed by atoms with Crippen LogP contribution in [0.15, 0.2) is 89.7 Å². The van der Waals surface area contributed by atoms with Gasteiger partial charge in [0.15, 0.2) is 0 Å². The first kappa shape index (κ1) is 21.1. The van der Waals surface area contributed by atoms with Gasteiger partial charge in [-0.3, -0.25) is 9.59 Å². The smallest absolute Gasteiger partial charge is 0.280 e. The van der Waals surface area contributed by atoms with Gasteiger partial charge in [-0.25, -0.2) is 4.68 Å². The molecule has 4 rings (SSSR count). The van der Waals surface area contributed by atoms with Crippen molar-refractivity contribution in [2.24, 2.45) is 7.05 Å². The Labute approximate surface area is 186 Å². The SMILES string of the molecule is COc1ccc(CNC(=O)c2c(-c3ccccc3)c(-c3ccccc3)nn(C)c2=O)cc1. The van der Waals surface area contributed by atoms with Gasteiger partial charge in [0.1, 0.15) is 11.3 Å². The van der Waals surface area contributed by atoms with Gasteiger partial charge >= 0.3 is 0 Å². The van der Waals surface area contributed by atoms with Crippen molar-refractivity contribution in [1.82, 2.24) is 15.1 Å². The fraction of sp³-hybridized carbons (Fsp3) is 0.115. The fourth-order valence-corrected chi connectivity index (χ4v) is 3.54. The second-order valence-corrected chi connectivity index (χ2v) is 7.29. The van der Waals surface area contributed by atoms with E-state index >= 15 is 0 Å². The van der Waals surface area contributed by atoms with Crippen molar-refractivity contribution in [2.75, 3.05) is 7.11 Å². The monoisotopic (exact) mass is 425 g/mol. The normalized spacial score (nSPS) is 10.6. The number of carbonyl (C=O) groups is 1. The molecule has 0 spiro atoms. The highest BCUT2D eigenvalue weighted by Crippen LogP contribution is 2.31. The Kier molecular flexibility index (Phi) is 6.12. The van der Waals surface area contributed by atoms with Crippen LogP contribution in [0.25, 0.3) is 22.4 Å². The fourth-order valence-electron chi connectivity index (χ4n) is 3.54. The van der Waals surface area contributed by atoms with Crippen LogP contribution in [0, 0.1) is 0 Å². The molecule has 0 bridgehead atoms. The number of rotatable bonds is 6. The third-order valence-electron chi connectivity index (χ3n) is 5.19. The third kappa shape index (κ3) is 4.30. The van der Waals surface area contributed by atoms with E-state index in [2.05, 4.69) is 10.4 Å². The maximum atomic E-state index is 13.3. The lowest BCUT2D eigenvalue weighted by molar-refractivity contribution is 0.0949. The predicted octanol–water partition coefficient (Wildman–Crippen LogP) is 4.05. The van der Waals surface area contributed by atoms with E-state index < -0.39 is 11.5 Å². The average molecular weight is 425 g/mol. The molecule has 1 aromatic heterocycles. The zero-order valence-electron chi connectivity index (χ0n) is 17.9. The van der Waals surface area contributed by atoms with Crippen LogP contribution in [0.1, 0.15) is 15.9 Å². The van der Waals surface area contributed by atoms with E-state index in [9.17, 15) is 9.59 Å². The minimum atomic E-state index is -0.448.